The van der Waals surface area contributed by atoms with E-state index < -0.39 is 0 Å². The maximum absolute atomic E-state index is 6.46. The van der Waals surface area contributed by atoms with E-state index >= 15 is 0 Å². The van der Waals surface area contributed by atoms with Crippen molar-refractivity contribution in [2.75, 3.05) is 0 Å². The number of aromatic nitrogens is 3. The third-order valence-electron chi connectivity index (χ3n) is 6.83. The number of rotatable bonds is 1. The van der Waals surface area contributed by atoms with Crippen LogP contribution in [0, 0.1) is 6.92 Å². The molecule has 3 aromatic carbocycles. The Kier molecular flexibility index (Phi) is 3.05. The second-order valence-electron chi connectivity index (χ2n) is 8.71. The van der Waals surface area contributed by atoms with E-state index in [0.717, 1.165) is 49.7 Å². The van der Waals surface area contributed by atoms with E-state index in [1.165, 1.54) is 21.8 Å². The second kappa shape index (κ2) is 5.87. The zero-order valence-electron chi connectivity index (χ0n) is 17.8. The smallest absolute Gasteiger partial charge is 0.229 e. The first kappa shape index (κ1) is 17.2. The summed E-state index contributed by atoms with van der Waals surface area (Å²) >= 11 is 0. The van der Waals surface area contributed by atoms with Crippen molar-refractivity contribution in [3.05, 3.63) is 90.6 Å². The van der Waals surface area contributed by atoms with Crippen molar-refractivity contribution < 1.29 is 4.42 Å². The van der Waals surface area contributed by atoms with E-state index in [2.05, 4.69) is 82.2 Å². The van der Waals surface area contributed by atoms with Gasteiger partial charge in [-0.25, -0.2) is 9.97 Å². The lowest BCUT2D eigenvalue weighted by atomic mass is 10.0. The van der Waals surface area contributed by atoms with Gasteiger partial charge in [0.25, 0.3) is 0 Å². The minimum absolute atomic E-state index is 0.679. The molecule has 0 radical (unpaired) electrons. The number of nitrogens with zero attached hydrogens (tertiary/aromatic N) is 3. The lowest BCUT2D eigenvalue weighted by Gasteiger charge is -2.06. The Balaban J connectivity index is 1.62. The minimum Gasteiger partial charge on any atom is -0.435 e. The largest absolute Gasteiger partial charge is 0.435 e. The van der Waals surface area contributed by atoms with E-state index in [1.54, 1.807) is 0 Å². The number of pyridine rings is 2. The molecule has 33 heavy (non-hydrogen) atoms. The molecule has 0 spiro atoms. The first-order valence-corrected chi connectivity index (χ1v) is 11.1. The van der Waals surface area contributed by atoms with Gasteiger partial charge in [-0.3, -0.25) is 0 Å². The molecule has 4 nitrogen and oxygen atoms in total. The first-order chi connectivity index (χ1) is 16.3. The fraction of sp³-hybridized carbons (Fsp3) is 0.0345. The van der Waals surface area contributed by atoms with Gasteiger partial charge in [0.05, 0.1) is 33.0 Å². The van der Waals surface area contributed by atoms with Gasteiger partial charge in [0, 0.05) is 27.4 Å². The van der Waals surface area contributed by atoms with E-state index in [-0.39, 0.29) is 0 Å². The summed E-state index contributed by atoms with van der Waals surface area (Å²) in [6, 6.07) is 29.6. The molecule has 0 unspecified atom stereocenters. The van der Waals surface area contributed by atoms with Crippen molar-refractivity contribution >= 4 is 60.3 Å². The predicted molar refractivity (Wildman–Crippen MR) is 134 cm³/mol. The third kappa shape index (κ3) is 2.10. The number of hydrogen-bond donors (Lipinski definition) is 0. The molecule has 0 saturated heterocycles. The highest BCUT2D eigenvalue weighted by atomic mass is 16.3. The molecule has 0 bridgehead atoms. The Labute approximate surface area is 188 Å². The molecule has 0 aliphatic heterocycles. The fourth-order valence-corrected chi connectivity index (χ4v) is 5.40. The molecule has 5 heterocycles. The zero-order valence-corrected chi connectivity index (χ0v) is 17.8. The molecule has 8 aromatic rings. The van der Waals surface area contributed by atoms with Crippen LogP contribution >= 0.6 is 0 Å². The Morgan fingerprint density at radius 3 is 2.52 bits per heavy atom. The summed E-state index contributed by atoms with van der Waals surface area (Å²) in [7, 11) is 0. The lowest BCUT2D eigenvalue weighted by Crippen LogP contribution is -1.87. The van der Waals surface area contributed by atoms with Gasteiger partial charge in [-0.1, -0.05) is 54.6 Å². The highest BCUT2D eigenvalue weighted by molar-refractivity contribution is 6.28. The van der Waals surface area contributed by atoms with E-state index in [1.807, 2.05) is 19.1 Å². The Morgan fingerprint density at radius 2 is 1.55 bits per heavy atom. The minimum atomic E-state index is 0.679. The van der Waals surface area contributed by atoms with Gasteiger partial charge in [-0.05, 0) is 37.3 Å². The first-order valence-electron chi connectivity index (χ1n) is 11.1. The quantitative estimate of drug-likeness (QED) is 0.274. The highest BCUT2D eigenvalue weighted by Gasteiger charge is 2.25. The zero-order chi connectivity index (χ0) is 21.7. The summed E-state index contributed by atoms with van der Waals surface area (Å²) in [5, 5.41) is 5.73. The monoisotopic (exact) mass is 423 g/mol. The van der Waals surface area contributed by atoms with E-state index in [4.69, 9.17) is 9.40 Å². The van der Waals surface area contributed by atoms with Gasteiger partial charge in [-0.2, -0.15) is 0 Å². The normalized spacial score (nSPS) is 12.4. The Bertz CT molecular complexity index is 2040. The summed E-state index contributed by atoms with van der Waals surface area (Å²) in [6.45, 7) is 1.99. The Hall–Kier alpha value is -4.44. The molecule has 5 aromatic heterocycles. The topological polar surface area (TPSA) is 43.3 Å². The van der Waals surface area contributed by atoms with Crippen molar-refractivity contribution in [2.45, 2.75) is 6.92 Å². The van der Waals surface area contributed by atoms with Crippen LogP contribution in [0.3, 0.4) is 0 Å². The van der Waals surface area contributed by atoms with Crippen LogP contribution in [0.5, 0.6) is 0 Å². The van der Waals surface area contributed by atoms with Crippen molar-refractivity contribution in [3.8, 4) is 11.3 Å². The molecule has 0 atom stereocenters. The molecule has 0 saturated carbocycles. The summed E-state index contributed by atoms with van der Waals surface area (Å²) in [4.78, 5) is 9.70. The molecule has 0 aliphatic rings. The average Bonchev–Trinajstić information content (AvgIpc) is 3.48. The van der Waals surface area contributed by atoms with Crippen LogP contribution in [0.25, 0.3) is 71.6 Å². The van der Waals surface area contributed by atoms with Crippen molar-refractivity contribution in [1.29, 1.82) is 0 Å². The SMILES string of the molecule is Cc1ccc2c(n1)oc1c3c(-c4ccc5ccccc5n4)ccc4c5ccccc5n(c21)c43. The molecule has 0 amide bonds. The molecule has 0 aliphatic carbocycles. The molecular weight excluding hydrogens is 406 g/mol. The number of furan rings is 1. The van der Waals surface area contributed by atoms with Gasteiger partial charge in [-0.15, -0.1) is 0 Å². The molecule has 154 valence electrons. The van der Waals surface area contributed by atoms with E-state index in [9.17, 15) is 0 Å². The fourth-order valence-electron chi connectivity index (χ4n) is 5.40. The van der Waals surface area contributed by atoms with Gasteiger partial charge in [0.2, 0.25) is 5.71 Å². The maximum atomic E-state index is 6.46. The molecule has 0 fully saturated rings. The van der Waals surface area contributed by atoms with Crippen molar-refractivity contribution in [1.82, 2.24) is 14.4 Å². The maximum Gasteiger partial charge on any atom is 0.229 e. The van der Waals surface area contributed by atoms with Gasteiger partial charge < -0.3 is 8.82 Å². The molecule has 8 rings (SSSR count). The van der Waals surface area contributed by atoms with Crippen LogP contribution in [-0.2, 0) is 0 Å². The van der Waals surface area contributed by atoms with Crippen LogP contribution in [-0.4, -0.2) is 14.4 Å². The van der Waals surface area contributed by atoms with Gasteiger partial charge >= 0.3 is 0 Å². The molecular formula is C29H17N3O. The number of hydrogen-bond acceptors (Lipinski definition) is 3. The number of para-hydroxylation sites is 2. The standard InChI is InChI=1S/C29H17N3O/c1-16-10-12-21-27-28(33-29(21)30-16)25-20(23-15-11-17-6-2-4-8-22(17)31-23)14-13-19-18-7-3-5-9-24(18)32(27)26(19)25/h2-15H,1H3. The number of fused-ring (bicyclic) bond motifs is 9. The van der Waals surface area contributed by atoms with Crippen LogP contribution in [0.2, 0.25) is 0 Å². The van der Waals surface area contributed by atoms with Gasteiger partial charge in [0.15, 0.2) is 5.58 Å². The summed E-state index contributed by atoms with van der Waals surface area (Å²) in [5.74, 6) is 0. The second-order valence-corrected chi connectivity index (χ2v) is 8.71. The Morgan fingerprint density at radius 1 is 0.697 bits per heavy atom. The molecule has 4 heteroatoms. The van der Waals surface area contributed by atoms with Crippen LogP contribution in [0.15, 0.2) is 89.3 Å². The van der Waals surface area contributed by atoms with Gasteiger partial charge in [0.1, 0.15) is 5.52 Å². The van der Waals surface area contributed by atoms with Crippen LogP contribution < -0.4 is 0 Å². The molecule has 0 N–H and O–H groups in total. The lowest BCUT2D eigenvalue weighted by molar-refractivity contribution is 0.656. The number of aryl methyl sites for hydroxylation is 1. The number of benzene rings is 3. The summed E-state index contributed by atoms with van der Waals surface area (Å²) in [5.41, 5.74) is 8.94. The van der Waals surface area contributed by atoms with Crippen molar-refractivity contribution in [3.63, 3.8) is 0 Å². The third-order valence-corrected chi connectivity index (χ3v) is 6.83. The van der Waals surface area contributed by atoms with E-state index in [0.29, 0.717) is 5.71 Å². The van der Waals surface area contributed by atoms with Crippen molar-refractivity contribution in [2.24, 2.45) is 0 Å². The summed E-state index contributed by atoms with van der Waals surface area (Å²) < 4.78 is 8.81. The predicted octanol–water partition coefficient (Wildman–Crippen LogP) is 7.50. The van der Waals surface area contributed by atoms with Crippen LogP contribution in [0.1, 0.15) is 5.69 Å². The average molecular weight is 423 g/mol. The summed E-state index contributed by atoms with van der Waals surface area (Å²) in [6.07, 6.45) is 0. The van der Waals surface area contributed by atoms with Crippen LogP contribution in [0.4, 0.5) is 0 Å². The highest BCUT2D eigenvalue weighted by Crippen LogP contribution is 2.46.